The molecule has 0 saturated heterocycles. The van der Waals surface area contributed by atoms with Crippen LogP contribution in [-0.2, 0) is 0 Å². The van der Waals surface area contributed by atoms with E-state index in [0.717, 1.165) is 25.4 Å². The molecule has 0 fully saturated rings. The van der Waals surface area contributed by atoms with Gasteiger partial charge in [0.05, 0.1) is 0 Å². The van der Waals surface area contributed by atoms with Gasteiger partial charge in [-0.1, -0.05) is 26.7 Å². The molecule has 0 bridgehead atoms. The first-order valence-electron chi connectivity index (χ1n) is 6.02. The third-order valence-electron chi connectivity index (χ3n) is 2.58. The average Bonchev–Trinajstić information content (AvgIpc) is 2.22. The number of rotatable bonds is 9. The molecule has 0 aliphatic carbocycles. The monoisotopic (exact) mass is 195 g/mol. The summed E-state index contributed by atoms with van der Waals surface area (Å²) in [6.45, 7) is 5.64. The van der Waals surface area contributed by atoms with Crippen LogP contribution in [0.25, 0.3) is 0 Å². The van der Waals surface area contributed by atoms with Gasteiger partial charge < -0.3 is 5.32 Å². The summed E-state index contributed by atoms with van der Waals surface area (Å²) in [5.41, 5.74) is 0. The van der Waals surface area contributed by atoms with Crippen molar-refractivity contribution < 1.29 is 0 Å². The molecule has 0 aromatic carbocycles. The van der Waals surface area contributed by atoms with Gasteiger partial charge in [0.2, 0.25) is 0 Å². The van der Waals surface area contributed by atoms with Crippen molar-refractivity contribution in [2.75, 3.05) is 6.54 Å². The van der Waals surface area contributed by atoms with Crippen LogP contribution < -0.4 is 5.32 Å². The zero-order valence-electron chi connectivity index (χ0n) is 9.81. The summed E-state index contributed by atoms with van der Waals surface area (Å²) in [5.74, 6) is 2.68. The van der Waals surface area contributed by atoms with Crippen LogP contribution in [0.1, 0.15) is 58.8 Å². The van der Waals surface area contributed by atoms with Crippen molar-refractivity contribution in [2.45, 2.75) is 64.8 Å². The van der Waals surface area contributed by atoms with E-state index in [1.807, 2.05) is 0 Å². The van der Waals surface area contributed by atoms with Gasteiger partial charge in [-0.15, -0.1) is 12.3 Å². The Balaban J connectivity index is 3.29. The van der Waals surface area contributed by atoms with E-state index in [-0.39, 0.29) is 0 Å². The Morgan fingerprint density at radius 2 is 2.00 bits per heavy atom. The molecule has 14 heavy (non-hydrogen) atoms. The van der Waals surface area contributed by atoms with Crippen LogP contribution in [0.2, 0.25) is 0 Å². The lowest BCUT2D eigenvalue weighted by molar-refractivity contribution is 0.446. The molecule has 0 aliphatic heterocycles. The van der Waals surface area contributed by atoms with Gasteiger partial charge in [-0.05, 0) is 32.2 Å². The normalized spacial score (nSPS) is 12.4. The zero-order chi connectivity index (χ0) is 10.6. The Labute approximate surface area is 89.7 Å². The van der Waals surface area contributed by atoms with Gasteiger partial charge in [0.1, 0.15) is 0 Å². The van der Waals surface area contributed by atoms with Crippen LogP contribution >= 0.6 is 0 Å². The second-order valence-corrected chi connectivity index (χ2v) is 3.86. The van der Waals surface area contributed by atoms with Crippen molar-refractivity contribution >= 4 is 0 Å². The summed E-state index contributed by atoms with van der Waals surface area (Å²) in [6.07, 6.45) is 13.7. The highest BCUT2D eigenvalue weighted by Gasteiger charge is 2.03. The molecular weight excluding hydrogens is 170 g/mol. The Morgan fingerprint density at radius 3 is 2.57 bits per heavy atom. The van der Waals surface area contributed by atoms with Crippen molar-refractivity contribution in [1.82, 2.24) is 5.32 Å². The lowest BCUT2D eigenvalue weighted by Gasteiger charge is -2.16. The first-order chi connectivity index (χ1) is 6.85. The third-order valence-corrected chi connectivity index (χ3v) is 2.58. The summed E-state index contributed by atoms with van der Waals surface area (Å²) in [6, 6.07) is 0.723. The van der Waals surface area contributed by atoms with Crippen molar-refractivity contribution in [3.63, 3.8) is 0 Å². The zero-order valence-corrected chi connectivity index (χ0v) is 9.81. The van der Waals surface area contributed by atoms with E-state index < -0.39 is 0 Å². The lowest BCUT2D eigenvalue weighted by Crippen LogP contribution is -2.29. The van der Waals surface area contributed by atoms with Crippen molar-refractivity contribution in [1.29, 1.82) is 0 Å². The minimum absolute atomic E-state index is 0.723. The molecule has 0 amide bonds. The largest absolute Gasteiger partial charge is 0.314 e. The molecule has 0 heterocycles. The molecule has 1 atom stereocenters. The van der Waals surface area contributed by atoms with Crippen LogP contribution in [-0.4, -0.2) is 12.6 Å². The topological polar surface area (TPSA) is 12.0 Å². The van der Waals surface area contributed by atoms with Crippen LogP contribution in [0.15, 0.2) is 0 Å². The van der Waals surface area contributed by atoms with Crippen molar-refractivity contribution in [3.8, 4) is 12.3 Å². The van der Waals surface area contributed by atoms with E-state index in [1.54, 1.807) is 0 Å². The highest BCUT2D eigenvalue weighted by molar-refractivity contribution is 4.82. The second kappa shape index (κ2) is 10.6. The molecule has 0 saturated carbocycles. The van der Waals surface area contributed by atoms with Gasteiger partial charge in [0, 0.05) is 12.5 Å². The molecule has 1 nitrogen and oxygen atoms in total. The van der Waals surface area contributed by atoms with Gasteiger partial charge in [-0.3, -0.25) is 0 Å². The van der Waals surface area contributed by atoms with Gasteiger partial charge in [0.25, 0.3) is 0 Å². The second-order valence-electron chi connectivity index (χ2n) is 3.86. The molecule has 0 aliphatic rings. The predicted molar refractivity (Wildman–Crippen MR) is 64.3 cm³/mol. The fourth-order valence-electron chi connectivity index (χ4n) is 1.56. The van der Waals surface area contributed by atoms with Crippen LogP contribution in [0.5, 0.6) is 0 Å². The molecular formula is C13H25N. The number of hydrogen-bond donors (Lipinski definition) is 1. The average molecular weight is 195 g/mol. The third kappa shape index (κ3) is 8.13. The smallest absolute Gasteiger partial charge is 0.00865 e. The Hall–Kier alpha value is -0.480. The highest BCUT2D eigenvalue weighted by atomic mass is 14.9. The number of hydrogen-bond acceptors (Lipinski definition) is 1. The quantitative estimate of drug-likeness (QED) is 0.439. The standard InChI is InChI=1S/C13H25N/c1-4-7-9-10-12-14-13(6-3)11-8-5-2/h1,13-14H,5-12H2,2-3H3. The van der Waals surface area contributed by atoms with Crippen molar-refractivity contribution in [3.05, 3.63) is 0 Å². The van der Waals surface area contributed by atoms with E-state index in [4.69, 9.17) is 6.42 Å². The maximum atomic E-state index is 5.19. The maximum absolute atomic E-state index is 5.19. The molecule has 0 aromatic rings. The first kappa shape index (κ1) is 13.5. The van der Waals surface area contributed by atoms with Gasteiger partial charge in [0.15, 0.2) is 0 Å². The van der Waals surface area contributed by atoms with Crippen LogP contribution in [0, 0.1) is 12.3 Å². The Kier molecular flexibility index (Phi) is 10.2. The van der Waals surface area contributed by atoms with E-state index in [9.17, 15) is 0 Å². The number of terminal acetylenes is 1. The number of unbranched alkanes of at least 4 members (excludes halogenated alkanes) is 3. The molecule has 0 rings (SSSR count). The Morgan fingerprint density at radius 1 is 1.21 bits per heavy atom. The van der Waals surface area contributed by atoms with E-state index in [1.165, 1.54) is 32.1 Å². The molecule has 1 N–H and O–H groups in total. The molecule has 1 unspecified atom stereocenters. The van der Waals surface area contributed by atoms with E-state index in [0.29, 0.717) is 0 Å². The fourth-order valence-corrected chi connectivity index (χ4v) is 1.56. The maximum Gasteiger partial charge on any atom is 0.00865 e. The van der Waals surface area contributed by atoms with Crippen LogP contribution in [0.3, 0.4) is 0 Å². The predicted octanol–water partition coefficient (Wildman–Crippen LogP) is 3.35. The minimum atomic E-state index is 0.723. The molecule has 82 valence electrons. The van der Waals surface area contributed by atoms with Gasteiger partial charge in [-0.2, -0.15) is 0 Å². The van der Waals surface area contributed by atoms with Gasteiger partial charge >= 0.3 is 0 Å². The van der Waals surface area contributed by atoms with Crippen molar-refractivity contribution in [2.24, 2.45) is 0 Å². The lowest BCUT2D eigenvalue weighted by atomic mass is 10.1. The molecule has 0 spiro atoms. The number of nitrogens with one attached hydrogen (secondary N) is 1. The molecule has 1 heteroatoms. The highest BCUT2D eigenvalue weighted by Crippen LogP contribution is 2.04. The molecule has 0 aromatic heterocycles. The SMILES string of the molecule is C#CCCCCNC(CC)CCCC. The minimum Gasteiger partial charge on any atom is -0.314 e. The van der Waals surface area contributed by atoms with Crippen LogP contribution in [0.4, 0.5) is 0 Å². The fraction of sp³-hybridized carbons (Fsp3) is 0.846. The van der Waals surface area contributed by atoms with Gasteiger partial charge in [-0.25, -0.2) is 0 Å². The molecule has 0 radical (unpaired) electrons. The summed E-state index contributed by atoms with van der Waals surface area (Å²) in [7, 11) is 0. The Bertz CT molecular complexity index is 146. The first-order valence-corrected chi connectivity index (χ1v) is 6.02. The summed E-state index contributed by atoms with van der Waals surface area (Å²) in [5, 5.41) is 3.59. The summed E-state index contributed by atoms with van der Waals surface area (Å²) in [4.78, 5) is 0. The van der Waals surface area contributed by atoms with E-state index in [2.05, 4.69) is 25.1 Å². The van der Waals surface area contributed by atoms with E-state index >= 15 is 0 Å². The summed E-state index contributed by atoms with van der Waals surface area (Å²) >= 11 is 0. The summed E-state index contributed by atoms with van der Waals surface area (Å²) < 4.78 is 0.